The third-order valence-electron chi connectivity index (χ3n) is 3.85. The van der Waals surface area contributed by atoms with Gasteiger partial charge in [0.05, 0.1) is 12.4 Å². The molecule has 2 rings (SSSR count). The average Bonchev–Trinajstić information content (AvgIpc) is 3.08. The van der Waals surface area contributed by atoms with Gasteiger partial charge in [0.1, 0.15) is 0 Å². The zero-order valence-corrected chi connectivity index (χ0v) is 14.7. The summed E-state index contributed by atoms with van der Waals surface area (Å²) >= 11 is 0. The molecule has 0 radical (unpaired) electrons. The Balaban J connectivity index is 2.02. The molecule has 1 heterocycles. The molecule has 1 aromatic carbocycles. The van der Waals surface area contributed by atoms with Gasteiger partial charge in [-0.1, -0.05) is 13.0 Å². The SMILES string of the molecule is Cc1ccc(C(=O)NCC(C)CC(C)O)cc1NC(=O)c1ccco1. The first-order chi connectivity index (χ1) is 11.9. The highest BCUT2D eigenvalue weighted by Gasteiger charge is 2.14. The second kappa shape index (κ2) is 8.48. The Labute approximate surface area is 147 Å². The number of carbonyl (C=O) groups excluding carboxylic acids is 2. The Bertz CT molecular complexity index is 723. The Morgan fingerprint density at radius 3 is 2.60 bits per heavy atom. The number of hydrogen-bond acceptors (Lipinski definition) is 4. The van der Waals surface area contributed by atoms with Crippen LogP contribution in [-0.4, -0.2) is 29.6 Å². The highest BCUT2D eigenvalue weighted by atomic mass is 16.3. The first-order valence-electron chi connectivity index (χ1n) is 8.28. The lowest BCUT2D eigenvalue weighted by atomic mass is 10.0. The van der Waals surface area contributed by atoms with Crippen molar-refractivity contribution in [3.05, 3.63) is 53.5 Å². The molecule has 0 aliphatic rings. The second-order valence-corrected chi connectivity index (χ2v) is 6.36. The summed E-state index contributed by atoms with van der Waals surface area (Å²) in [5.74, 6) is -0.198. The van der Waals surface area contributed by atoms with E-state index in [2.05, 4.69) is 10.6 Å². The van der Waals surface area contributed by atoms with Gasteiger partial charge in [0.25, 0.3) is 11.8 Å². The van der Waals surface area contributed by atoms with E-state index in [-0.39, 0.29) is 23.5 Å². The van der Waals surface area contributed by atoms with Crippen molar-refractivity contribution in [3.8, 4) is 0 Å². The van der Waals surface area contributed by atoms with Gasteiger partial charge < -0.3 is 20.2 Å². The maximum absolute atomic E-state index is 12.3. The molecule has 2 atom stereocenters. The summed E-state index contributed by atoms with van der Waals surface area (Å²) in [7, 11) is 0. The molecule has 2 unspecified atom stereocenters. The molecule has 2 aromatic rings. The lowest BCUT2D eigenvalue weighted by Crippen LogP contribution is -2.29. The van der Waals surface area contributed by atoms with Crippen molar-refractivity contribution in [1.29, 1.82) is 0 Å². The molecule has 0 fully saturated rings. The van der Waals surface area contributed by atoms with Crippen LogP contribution in [0.25, 0.3) is 0 Å². The van der Waals surface area contributed by atoms with E-state index < -0.39 is 6.10 Å². The standard InChI is InChI=1S/C19H24N2O4/c1-12(9-14(3)22)11-20-18(23)15-7-6-13(2)16(10-15)21-19(24)17-5-4-8-25-17/h4-8,10,12,14,22H,9,11H2,1-3H3,(H,20,23)(H,21,24). The monoisotopic (exact) mass is 344 g/mol. The summed E-state index contributed by atoms with van der Waals surface area (Å²) < 4.78 is 5.07. The fraction of sp³-hybridized carbons (Fsp3) is 0.368. The summed E-state index contributed by atoms with van der Waals surface area (Å²) in [5.41, 5.74) is 1.87. The van der Waals surface area contributed by atoms with Crippen LogP contribution >= 0.6 is 0 Å². The molecule has 2 amide bonds. The first-order valence-corrected chi connectivity index (χ1v) is 8.28. The third-order valence-corrected chi connectivity index (χ3v) is 3.85. The number of carbonyl (C=O) groups is 2. The summed E-state index contributed by atoms with van der Waals surface area (Å²) in [6, 6.07) is 8.36. The number of hydrogen-bond donors (Lipinski definition) is 3. The Morgan fingerprint density at radius 1 is 1.20 bits per heavy atom. The van der Waals surface area contributed by atoms with Crippen molar-refractivity contribution >= 4 is 17.5 Å². The molecular weight excluding hydrogens is 320 g/mol. The molecule has 0 aliphatic heterocycles. The molecule has 0 saturated heterocycles. The van der Waals surface area contributed by atoms with Gasteiger partial charge in [-0.3, -0.25) is 9.59 Å². The van der Waals surface area contributed by atoms with E-state index in [0.717, 1.165) is 5.56 Å². The van der Waals surface area contributed by atoms with Crippen LogP contribution in [0, 0.1) is 12.8 Å². The van der Waals surface area contributed by atoms with Crippen molar-refractivity contribution in [2.24, 2.45) is 5.92 Å². The second-order valence-electron chi connectivity index (χ2n) is 6.36. The number of rotatable bonds is 7. The van der Waals surface area contributed by atoms with Crippen LogP contribution in [0.3, 0.4) is 0 Å². The van der Waals surface area contributed by atoms with E-state index in [1.807, 2.05) is 13.8 Å². The largest absolute Gasteiger partial charge is 0.459 e. The van der Waals surface area contributed by atoms with Gasteiger partial charge in [-0.25, -0.2) is 0 Å². The molecular formula is C19H24N2O4. The number of aryl methyl sites for hydroxylation is 1. The maximum Gasteiger partial charge on any atom is 0.291 e. The minimum absolute atomic E-state index is 0.174. The van der Waals surface area contributed by atoms with E-state index in [1.165, 1.54) is 6.26 Å². The molecule has 134 valence electrons. The van der Waals surface area contributed by atoms with Gasteiger partial charge in [0.2, 0.25) is 0 Å². The first kappa shape index (κ1) is 18.7. The van der Waals surface area contributed by atoms with E-state index in [9.17, 15) is 14.7 Å². The topological polar surface area (TPSA) is 91.6 Å². The van der Waals surface area contributed by atoms with Crippen molar-refractivity contribution in [1.82, 2.24) is 5.32 Å². The predicted octanol–water partition coefficient (Wildman–Crippen LogP) is 2.98. The molecule has 0 bridgehead atoms. The Hall–Kier alpha value is -2.60. The van der Waals surface area contributed by atoms with Gasteiger partial charge in [-0.05, 0) is 56.0 Å². The number of furan rings is 1. The molecule has 3 N–H and O–H groups in total. The number of nitrogens with one attached hydrogen (secondary N) is 2. The molecule has 1 aromatic heterocycles. The molecule has 6 nitrogen and oxygen atoms in total. The third kappa shape index (κ3) is 5.46. The molecule has 25 heavy (non-hydrogen) atoms. The summed E-state index contributed by atoms with van der Waals surface area (Å²) in [5, 5.41) is 15.0. The van der Waals surface area contributed by atoms with Crippen molar-refractivity contribution in [3.63, 3.8) is 0 Å². The fourth-order valence-corrected chi connectivity index (χ4v) is 2.52. The quantitative estimate of drug-likeness (QED) is 0.720. The van der Waals surface area contributed by atoms with E-state index in [4.69, 9.17) is 4.42 Å². The highest BCUT2D eigenvalue weighted by molar-refractivity contribution is 6.03. The van der Waals surface area contributed by atoms with Gasteiger partial charge in [0.15, 0.2) is 5.76 Å². The van der Waals surface area contributed by atoms with Crippen molar-refractivity contribution in [2.75, 3.05) is 11.9 Å². The summed E-state index contributed by atoms with van der Waals surface area (Å²) in [4.78, 5) is 24.4. The van der Waals surface area contributed by atoms with Crippen LogP contribution in [0.5, 0.6) is 0 Å². The van der Waals surface area contributed by atoms with Gasteiger partial charge in [-0.2, -0.15) is 0 Å². The highest BCUT2D eigenvalue weighted by Crippen LogP contribution is 2.18. The van der Waals surface area contributed by atoms with Gasteiger partial charge in [0, 0.05) is 17.8 Å². The lowest BCUT2D eigenvalue weighted by molar-refractivity contribution is 0.0938. The van der Waals surface area contributed by atoms with Crippen molar-refractivity contribution in [2.45, 2.75) is 33.3 Å². The fourth-order valence-electron chi connectivity index (χ4n) is 2.52. The van der Waals surface area contributed by atoms with Crippen LogP contribution in [-0.2, 0) is 0 Å². The molecule has 0 aliphatic carbocycles. The summed E-state index contributed by atoms with van der Waals surface area (Å²) in [6.07, 6.45) is 1.66. The van der Waals surface area contributed by atoms with Crippen LogP contribution in [0.2, 0.25) is 0 Å². The maximum atomic E-state index is 12.3. The normalized spacial score (nSPS) is 13.1. The van der Waals surface area contributed by atoms with Crippen LogP contribution in [0.15, 0.2) is 41.0 Å². The summed E-state index contributed by atoms with van der Waals surface area (Å²) in [6.45, 7) is 6.03. The zero-order valence-electron chi connectivity index (χ0n) is 14.7. The molecule has 6 heteroatoms. The molecule has 0 saturated carbocycles. The van der Waals surface area contributed by atoms with E-state index in [1.54, 1.807) is 37.3 Å². The van der Waals surface area contributed by atoms with Gasteiger partial charge >= 0.3 is 0 Å². The van der Waals surface area contributed by atoms with Crippen molar-refractivity contribution < 1.29 is 19.1 Å². The average molecular weight is 344 g/mol. The Kier molecular flexibility index (Phi) is 6.36. The Morgan fingerprint density at radius 2 is 1.96 bits per heavy atom. The number of benzene rings is 1. The predicted molar refractivity (Wildman–Crippen MR) is 95.6 cm³/mol. The van der Waals surface area contributed by atoms with Gasteiger partial charge in [-0.15, -0.1) is 0 Å². The van der Waals surface area contributed by atoms with Crippen LogP contribution in [0.1, 0.15) is 46.7 Å². The number of anilines is 1. The minimum Gasteiger partial charge on any atom is -0.459 e. The zero-order chi connectivity index (χ0) is 18.4. The number of aliphatic hydroxyl groups is 1. The van der Waals surface area contributed by atoms with E-state index in [0.29, 0.717) is 24.2 Å². The smallest absolute Gasteiger partial charge is 0.291 e. The lowest BCUT2D eigenvalue weighted by Gasteiger charge is -2.15. The van der Waals surface area contributed by atoms with E-state index >= 15 is 0 Å². The number of amides is 2. The molecule has 0 spiro atoms. The number of aliphatic hydroxyl groups excluding tert-OH is 1. The van der Waals surface area contributed by atoms with Crippen LogP contribution < -0.4 is 10.6 Å². The minimum atomic E-state index is -0.394. The van der Waals surface area contributed by atoms with Crippen LogP contribution in [0.4, 0.5) is 5.69 Å².